The summed E-state index contributed by atoms with van der Waals surface area (Å²) in [4.78, 5) is 20.9. The van der Waals surface area contributed by atoms with Crippen LogP contribution in [0.2, 0.25) is 0 Å². The van der Waals surface area contributed by atoms with E-state index in [2.05, 4.69) is 77.7 Å². The number of carboxylic acid groups (broad SMARTS) is 2. The highest BCUT2D eigenvalue weighted by Crippen LogP contribution is 2.35. The number of hydrogen-bond donors (Lipinski definition) is 2. The molecule has 7 heteroatoms. The summed E-state index contributed by atoms with van der Waals surface area (Å²) in [6.07, 6.45) is 4.97. The second-order valence-corrected chi connectivity index (χ2v) is 9.03. The fraction of sp³-hybridized carbons (Fsp3) is 0.333. The molecule has 0 aliphatic carbocycles. The molecule has 3 aromatic carbocycles. The highest BCUT2D eigenvalue weighted by atomic mass is 16.5. The molecular formula is C30H35NO6. The average molecular weight is 506 g/mol. The Morgan fingerprint density at radius 2 is 1.41 bits per heavy atom. The number of hydrogen-bond acceptors (Lipinski definition) is 5. The van der Waals surface area contributed by atoms with E-state index in [1.54, 1.807) is 14.2 Å². The lowest BCUT2D eigenvalue weighted by Crippen LogP contribution is -2.40. The van der Waals surface area contributed by atoms with E-state index in [1.807, 2.05) is 6.07 Å². The minimum Gasteiger partial charge on any atom is -0.493 e. The van der Waals surface area contributed by atoms with Crippen molar-refractivity contribution < 1.29 is 29.3 Å². The summed E-state index contributed by atoms with van der Waals surface area (Å²) in [6.45, 7) is 2.09. The maximum Gasteiger partial charge on any atom is 0.414 e. The minimum absolute atomic E-state index is 0.415. The number of aliphatic carboxylic acids is 2. The van der Waals surface area contributed by atoms with Crippen LogP contribution in [0.3, 0.4) is 0 Å². The van der Waals surface area contributed by atoms with Gasteiger partial charge in [0, 0.05) is 18.5 Å². The van der Waals surface area contributed by atoms with Crippen molar-refractivity contribution in [2.24, 2.45) is 0 Å². The summed E-state index contributed by atoms with van der Waals surface area (Å²) in [5.74, 6) is -1.64. The highest BCUT2D eigenvalue weighted by molar-refractivity contribution is 6.27. The molecule has 1 saturated heterocycles. The Morgan fingerprint density at radius 1 is 0.838 bits per heavy atom. The lowest BCUT2D eigenvalue weighted by atomic mass is 9.83. The van der Waals surface area contributed by atoms with Crippen LogP contribution in [0.1, 0.15) is 48.3 Å². The maximum absolute atomic E-state index is 9.10. The maximum atomic E-state index is 9.10. The van der Waals surface area contributed by atoms with Gasteiger partial charge in [0.25, 0.3) is 0 Å². The molecule has 196 valence electrons. The number of ether oxygens (including phenoxy) is 2. The van der Waals surface area contributed by atoms with E-state index in [-0.39, 0.29) is 0 Å². The third-order valence-electron chi connectivity index (χ3n) is 6.68. The van der Waals surface area contributed by atoms with Crippen LogP contribution in [-0.4, -0.2) is 53.9 Å². The molecule has 3 aromatic rings. The van der Waals surface area contributed by atoms with Gasteiger partial charge >= 0.3 is 11.9 Å². The molecule has 0 spiro atoms. The van der Waals surface area contributed by atoms with E-state index < -0.39 is 11.9 Å². The van der Waals surface area contributed by atoms with Crippen LogP contribution in [0.4, 0.5) is 0 Å². The Hall–Kier alpha value is -3.84. The first-order chi connectivity index (χ1) is 17.9. The standard InChI is InChI=1S/C28H33NO2.C2H2O4/c1-30-27-17-16-22(19-28(27)31-2)21-29-18-10-9-15-25(29)20-26(23-11-5-3-6-12-23)24-13-7-4-8-14-24;3-1(4)2(5)6/h3-8,11-14,16-17,19,25-26H,9-10,15,18,20-21H2,1-2H3;(H,3,4)(H,5,6). The van der Waals surface area contributed by atoms with Gasteiger partial charge in [-0.25, -0.2) is 9.59 Å². The van der Waals surface area contributed by atoms with Crippen molar-refractivity contribution in [3.63, 3.8) is 0 Å². The van der Waals surface area contributed by atoms with Crippen molar-refractivity contribution in [2.75, 3.05) is 20.8 Å². The molecule has 1 heterocycles. The average Bonchev–Trinajstić information content (AvgIpc) is 2.93. The fourth-order valence-corrected chi connectivity index (χ4v) is 4.86. The van der Waals surface area contributed by atoms with Gasteiger partial charge in [-0.2, -0.15) is 0 Å². The molecule has 4 rings (SSSR count). The quantitative estimate of drug-likeness (QED) is 0.394. The Balaban J connectivity index is 0.000000568. The van der Waals surface area contributed by atoms with Crippen molar-refractivity contribution in [1.29, 1.82) is 0 Å². The number of likely N-dealkylation sites (tertiary alicyclic amines) is 1. The first-order valence-electron chi connectivity index (χ1n) is 12.4. The van der Waals surface area contributed by atoms with Crippen molar-refractivity contribution in [3.8, 4) is 11.5 Å². The van der Waals surface area contributed by atoms with Crippen LogP contribution >= 0.6 is 0 Å². The zero-order chi connectivity index (χ0) is 26.6. The molecule has 1 unspecified atom stereocenters. The molecule has 1 aliphatic heterocycles. The molecule has 7 nitrogen and oxygen atoms in total. The molecule has 0 amide bonds. The van der Waals surface area contributed by atoms with Gasteiger partial charge in [-0.15, -0.1) is 0 Å². The molecular weight excluding hydrogens is 470 g/mol. The summed E-state index contributed by atoms with van der Waals surface area (Å²) in [5, 5.41) is 14.8. The third-order valence-corrected chi connectivity index (χ3v) is 6.68. The number of piperidine rings is 1. The van der Waals surface area contributed by atoms with Gasteiger partial charge in [0.15, 0.2) is 11.5 Å². The number of rotatable bonds is 8. The van der Waals surface area contributed by atoms with Crippen LogP contribution in [0.15, 0.2) is 78.9 Å². The lowest BCUT2D eigenvalue weighted by Gasteiger charge is -2.38. The van der Waals surface area contributed by atoms with Crippen molar-refractivity contribution in [2.45, 2.75) is 44.2 Å². The van der Waals surface area contributed by atoms with Gasteiger partial charge in [-0.1, -0.05) is 73.2 Å². The van der Waals surface area contributed by atoms with Crippen LogP contribution in [0.25, 0.3) is 0 Å². The largest absolute Gasteiger partial charge is 0.493 e. The Labute approximate surface area is 218 Å². The monoisotopic (exact) mass is 505 g/mol. The second-order valence-electron chi connectivity index (χ2n) is 9.03. The van der Waals surface area contributed by atoms with Crippen molar-refractivity contribution in [1.82, 2.24) is 4.90 Å². The molecule has 37 heavy (non-hydrogen) atoms. The smallest absolute Gasteiger partial charge is 0.414 e. The number of methoxy groups -OCH3 is 2. The zero-order valence-electron chi connectivity index (χ0n) is 21.4. The number of carbonyl (C=O) groups is 2. The van der Waals surface area contributed by atoms with E-state index in [1.165, 1.54) is 36.0 Å². The number of benzene rings is 3. The van der Waals surface area contributed by atoms with E-state index in [4.69, 9.17) is 29.3 Å². The summed E-state index contributed by atoms with van der Waals surface area (Å²) in [7, 11) is 3.39. The molecule has 0 bridgehead atoms. The lowest BCUT2D eigenvalue weighted by molar-refractivity contribution is -0.159. The first-order valence-corrected chi connectivity index (χ1v) is 12.4. The zero-order valence-corrected chi connectivity index (χ0v) is 21.4. The normalized spacial score (nSPS) is 15.4. The van der Waals surface area contributed by atoms with Gasteiger partial charge < -0.3 is 19.7 Å². The topological polar surface area (TPSA) is 96.3 Å². The van der Waals surface area contributed by atoms with Crippen LogP contribution < -0.4 is 9.47 Å². The van der Waals surface area contributed by atoms with Crippen LogP contribution in [0, 0.1) is 0 Å². The number of carboxylic acids is 2. The van der Waals surface area contributed by atoms with Crippen LogP contribution in [0.5, 0.6) is 11.5 Å². The molecule has 1 atom stereocenters. The second kappa shape index (κ2) is 14.0. The van der Waals surface area contributed by atoms with Crippen LogP contribution in [-0.2, 0) is 16.1 Å². The highest BCUT2D eigenvalue weighted by Gasteiger charge is 2.27. The summed E-state index contributed by atoms with van der Waals surface area (Å²) < 4.78 is 10.9. The van der Waals surface area contributed by atoms with Crippen molar-refractivity contribution >= 4 is 11.9 Å². The van der Waals surface area contributed by atoms with E-state index in [0.29, 0.717) is 12.0 Å². The SMILES string of the molecule is COc1ccc(CN2CCCCC2CC(c2ccccc2)c2ccccc2)cc1OC.O=C(O)C(=O)O. The van der Waals surface area contributed by atoms with Gasteiger partial charge in [0.05, 0.1) is 14.2 Å². The molecule has 2 N–H and O–H groups in total. The fourth-order valence-electron chi connectivity index (χ4n) is 4.86. The van der Waals surface area contributed by atoms with E-state index in [9.17, 15) is 0 Å². The predicted molar refractivity (Wildman–Crippen MR) is 142 cm³/mol. The van der Waals surface area contributed by atoms with Gasteiger partial charge in [0.2, 0.25) is 0 Å². The van der Waals surface area contributed by atoms with Gasteiger partial charge in [-0.3, -0.25) is 4.90 Å². The summed E-state index contributed by atoms with van der Waals surface area (Å²) in [6, 6.07) is 28.8. The van der Waals surface area contributed by atoms with E-state index in [0.717, 1.165) is 31.0 Å². The molecule has 1 fully saturated rings. The first kappa shape index (κ1) is 27.7. The van der Waals surface area contributed by atoms with Gasteiger partial charge in [0.1, 0.15) is 0 Å². The molecule has 0 saturated carbocycles. The molecule has 0 aromatic heterocycles. The summed E-state index contributed by atoms with van der Waals surface area (Å²) in [5.41, 5.74) is 4.09. The predicted octanol–water partition coefficient (Wildman–Crippen LogP) is 5.44. The van der Waals surface area contributed by atoms with E-state index >= 15 is 0 Å². The number of nitrogens with zero attached hydrogens (tertiary/aromatic N) is 1. The Kier molecular flexibility index (Phi) is 10.5. The van der Waals surface area contributed by atoms with Gasteiger partial charge in [-0.05, 0) is 54.6 Å². The minimum atomic E-state index is -1.82. The van der Waals surface area contributed by atoms with Crippen molar-refractivity contribution in [3.05, 3.63) is 95.6 Å². The third kappa shape index (κ3) is 8.08. The molecule has 1 aliphatic rings. The Bertz CT molecular complexity index is 1080. The molecule has 0 radical (unpaired) electrons. The Morgan fingerprint density at radius 3 is 1.92 bits per heavy atom. The summed E-state index contributed by atoms with van der Waals surface area (Å²) >= 11 is 0.